The third-order valence-corrected chi connectivity index (χ3v) is 3.11. The summed E-state index contributed by atoms with van der Waals surface area (Å²) in [5.74, 6) is 5.33. The molecule has 7 nitrogen and oxygen atoms in total. The molecule has 1 heterocycles. The summed E-state index contributed by atoms with van der Waals surface area (Å²) in [6.07, 6.45) is 0. The van der Waals surface area contributed by atoms with Crippen molar-refractivity contribution in [2.75, 3.05) is 5.43 Å². The predicted octanol–water partition coefficient (Wildman–Crippen LogP) is 3.37. The monoisotopic (exact) mass is 314 g/mol. The number of hydrogen-bond acceptors (Lipinski definition) is 6. The quantitative estimate of drug-likeness (QED) is 0.509. The second-order valence-corrected chi connectivity index (χ2v) is 4.36. The van der Waals surface area contributed by atoms with E-state index in [1.165, 1.54) is 18.2 Å². The van der Waals surface area contributed by atoms with E-state index in [4.69, 9.17) is 33.8 Å². The van der Waals surface area contributed by atoms with Crippen LogP contribution in [0, 0.1) is 10.1 Å². The smallest absolute Gasteiger partial charge is 0.331 e. The van der Waals surface area contributed by atoms with Crippen LogP contribution in [-0.4, -0.2) is 9.91 Å². The Morgan fingerprint density at radius 3 is 2.70 bits per heavy atom. The molecule has 0 aliphatic carbocycles. The van der Waals surface area contributed by atoms with E-state index in [2.05, 4.69) is 10.4 Å². The summed E-state index contributed by atoms with van der Waals surface area (Å²) in [6, 6.07) is 7.25. The maximum atomic E-state index is 10.9. The van der Waals surface area contributed by atoms with Crippen molar-refractivity contribution in [3.63, 3.8) is 0 Å². The molecule has 0 saturated carbocycles. The second-order valence-electron chi connectivity index (χ2n) is 3.58. The van der Waals surface area contributed by atoms with Crippen LogP contribution < -0.4 is 16.0 Å². The van der Waals surface area contributed by atoms with Crippen molar-refractivity contribution < 1.29 is 9.66 Å². The SMILES string of the molecule is NNc1ccc([N+](=O)[O-])c(Oc2cccc(Cl)c2Cl)n1. The molecule has 20 heavy (non-hydrogen) atoms. The highest BCUT2D eigenvalue weighted by molar-refractivity contribution is 6.42. The zero-order valence-corrected chi connectivity index (χ0v) is 11.4. The van der Waals surface area contributed by atoms with Gasteiger partial charge in [-0.05, 0) is 18.2 Å². The van der Waals surface area contributed by atoms with E-state index in [0.29, 0.717) is 0 Å². The van der Waals surface area contributed by atoms with Gasteiger partial charge in [-0.25, -0.2) is 5.84 Å². The fourth-order valence-corrected chi connectivity index (χ4v) is 1.72. The molecule has 0 fully saturated rings. The number of nitrogens with zero attached hydrogens (tertiary/aromatic N) is 2. The molecule has 0 radical (unpaired) electrons. The first-order valence-electron chi connectivity index (χ1n) is 5.27. The van der Waals surface area contributed by atoms with Crippen LogP contribution in [0.1, 0.15) is 0 Å². The highest BCUT2D eigenvalue weighted by Gasteiger charge is 2.19. The summed E-state index contributed by atoms with van der Waals surface area (Å²) in [7, 11) is 0. The highest BCUT2D eigenvalue weighted by atomic mass is 35.5. The fraction of sp³-hybridized carbons (Fsp3) is 0. The van der Waals surface area contributed by atoms with Gasteiger partial charge in [0, 0.05) is 6.07 Å². The summed E-state index contributed by atoms with van der Waals surface area (Å²) < 4.78 is 5.36. The number of nitrogens with one attached hydrogen (secondary N) is 1. The van der Waals surface area contributed by atoms with Crippen LogP contribution in [0.2, 0.25) is 10.0 Å². The molecule has 0 spiro atoms. The number of rotatable bonds is 4. The lowest BCUT2D eigenvalue weighted by atomic mass is 10.3. The lowest BCUT2D eigenvalue weighted by Gasteiger charge is -2.09. The number of halogens is 2. The van der Waals surface area contributed by atoms with Crippen molar-refractivity contribution in [2.24, 2.45) is 5.84 Å². The largest absolute Gasteiger partial charge is 0.432 e. The van der Waals surface area contributed by atoms with Crippen molar-refractivity contribution in [1.29, 1.82) is 0 Å². The Hall–Kier alpha value is -2.09. The van der Waals surface area contributed by atoms with E-state index in [1.807, 2.05) is 0 Å². The van der Waals surface area contributed by atoms with E-state index in [-0.39, 0.29) is 33.2 Å². The number of hydrogen-bond donors (Lipinski definition) is 2. The first kappa shape index (κ1) is 14.3. The molecule has 2 rings (SSSR count). The molecule has 9 heteroatoms. The number of benzene rings is 1. The number of ether oxygens (including phenoxy) is 1. The lowest BCUT2D eigenvalue weighted by molar-refractivity contribution is -0.386. The van der Waals surface area contributed by atoms with E-state index in [9.17, 15) is 10.1 Å². The number of nitro groups is 1. The van der Waals surface area contributed by atoms with Gasteiger partial charge >= 0.3 is 11.6 Å². The maximum absolute atomic E-state index is 10.9. The normalized spacial score (nSPS) is 10.2. The van der Waals surface area contributed by atoms with Crippen molar-refractivity contribution in [3.8, 4) is 11.6 Å². The summed E-state index contributed by atoms with van der Waals surface area (Å²) >= 11 is 11.8. The number of nitrogens with two attached hydrogens (primary N) is 1. The number of pyridine rings is 1. The molecule has 0 amide bonds. The molecule has 2 aromatic rings. The van der Waals surface area contributed by atoms with Gasteiger partial charge in [-0.3, -0.25) is 10.1 Å². The van der Waals surface area contributed by atoms with E-state index >= 15 is 0 Å². The summed E-state index contributed by atoms with van der Waals surface area (Å²) in [6.45, 7) is 0. The van der Waals surface area contributed by atoms with Gasteiger partial charge in [0.15, 0.2) is 0 Å². The zero-order valence-electron chi connectivity index (χ0n) is 9.84. The third kappa shape index (κ3) is 2.90. The molecule has 1 aromatic carbocycles. The Kier molecular flexibility index (Phi) is 4.23. The lowest BCUT2D eigenvalue weighted by Crippen LogP contribution is -2.09. The van der Waals surface area contributed by atoms with Gasteiger partial charge in [-0.2, -0.15) is 4.98 Å². The van der Waals surface area contributed by atoms with Crippen LogP contribution in [-0.2, 0) is 0 Å². The fourth-order valence-electron chi connectivity index (χ4n) is 1.39. The molecular weight excluding hydrogens is 307 g/mol. The average molecular weight is 315 g/mol. The molecular formula is C11H8Cl2N4O3. The Balaban J connectivity index is 2.46. The van der Waals surface area contributed by atoms with Gasteiger partial charge in [-0.1, -0.05) is 29.3 Å². The van der Waals surface area contributed by atoms with Gasteiger partial charge in [0.2, 0.25) is 0 Å². The molecule has 0 atom stereocenters. The molecule has 0 aliphatic rings. The van der Waals surface area contributed by atoms with Gasteiger partial charge in [0.1, 0.15) is 16.6 Å². The molecule has 0 saturated heterocycles. The topological polar surface area (TPSA) is 103 Å². The predicted molar refractivity (Wildman–Crippen MR) is 75.2 cm³/mol. The molecule has 0 unspecified atom stereocenters. The number of aromatic nitrogens is 1. The van der Waals surface area contributed by atoms with Crippen LogP contribution in [0.25, 0.3) is 0 Å². The zero-order chi connectivity index (χ0) is 14.7. The molecule has 0 aliphatic heterocycles. The summed E-state index contributed by atoms with van der Waals surface area (Å²) in [5, 5.41) is 11.3. The Labute approximate surface area is 123 Å². The third-order valence-electron chi connectivity index (χ3n) is 2.31. The van der Waals surface area contributed by atoms with E-state index in [0.717, 1.165) is 0 Å². The van der Waals surface area contributed by atoms with Gasteiger partial charge in [-0.15, -0.1) is 0 Å². The Bertz CT molecular complexity index is 666. The summed E-state index contributed by atoms with van der Waals surface area (Å²) in [4.78, 5) is 14.2. The van der Waals surface area contributed by atoms with Crippen molar-refractivity contribution >= 4 is 34.7 Å². The summed E-state index contributed by atoms with van der Waals surface area (Å²) in [5.41, 5.74) is 1.95. The van der Waals surface area contributed by atoms with E-state index in [1.54, 1.807) is 12.1 Å². The highest BCUT2D eigenvalue weighted by Crippen LogP contribution is 2.37. The van der Waals surface area contributed by atoms with Crippen LogP contribution in [0.15, 0.2) is 30.3 Å². The number of hydrazine groups is 1. The van der Waals surface area contributed by atoms with E-state index < -0.39 is 4.92 Å². The molecule has 104 valence electrons. The van der Waals surface area contributed by atoms with Crippen LogP contribution in [0.4, 0.5) is 11.5 Å². The minimum atomic E-state index is -0.624. The molecule has 0 bridgehead atoms. The van der Waals surface area contributed by atoms with Crippen molar-refractivity contribution in [3.05, 3.63) is 50.5 Å². The van der Waals surface area contributed by atoms with Crippen LogP contribution in [0.3, 0.4) is 0 Å². The van der Waals surface area contributed by atoms with Crippen LogP contribution >= 0.6 is 23.2 Å². The van der Waals surface area contributed by atoms with Gasteiger partial charge < -0.3 is 10.2 Å². The number of anilines is 1. The van der Waals surface area contributed by atoms with Crippen LogP contribution in [0.5, 0.6) is 11.6 Å². The minimum Gasteiger partial charge on any atom is -0.432 e. The van der Waals surface area contributed by atoms with Crippen molar-refractivity contribution in [1.82, 2.24) is 4.98 Å². The van der Waals surface area contributed by atoms with Crippen molar-refractivity contribution in [2.45, 2.75) is 0 Å². The van der Waals surface area contributed by atoms with Gasteiger partial charge in [0.25, 0.3) is 0 Å². The van der Waals surface area contributed by atoms with Gasteiger partial charge in [0.05, 0.1) is 9.95 Å². The average Bonchev–Trinajstić information content (AvgIpc) is 2.43. The first-order valence-corrected chi connectivity index (χ1v) is 6.02. The molecule has 3 N–H and O–H groups in total. The second kappa shape index (κ2) is 5.91. The minimum absolute atomic E-state index is 0.136. The first-order chi connectivity index (χ1) is 9.52. The Morgan fingerprint density at radius 1 is 1.30 bits per heavy atom. The molecule has 1 aromatic heterocycles. The number of nitrogen functional groups attached to an aromatic ring is 1. The Morgan fingerprint density at radius 2 is 2.05 bits per heavy atom. The maximum Gasteiger partial charge on any atom is 0.331 e. The standard InChI is InChI=1S/C11H8Cl2N4O3/c12-6-2-1-3-8(10(6)13)20-11-7(17(18)19)4-5-9(15-11)16-14/h1-5H,14H2,(H,15,16).